The van der Waals surface area contributed by atoms with Crippen molar-refractivity contribution in [1.82, 2.24) is 15.5 Å². The molecule has 1 aliphatic rings. The molecule has 1 amide bonds. The van der Waals surface area contributed by atoms with Crippen molar-refractivity contribution in [3.8, 4) is 16.9 Å². The number of amides is 1. The molecule has 2 aromatic carbocycles. The average Bonchev–Trinajstić information content (AvgIpc) is 3.04. The highest BCUT2D eigenvalue weighted by Gasteiger charge is 2.22. The van der Waals surface area contributed by atoms with Crippen molar-refractivity contribution in [3.05, 3.63) is 41.4 Å². The van der Waals surface area contributed by atoms with Crippen LogP contribution in [0.1, 0.15) is 12.8 Å². The average molecular weight is 407 g/mol. The maximum Gasteiger partial charge on any atom is 0.229 e. The van der Waals surface area contributed by atoms with E-state index in [1.165, 1.54) is 6.07 Å². The van der Waals surface area contributed by atoms with Gasteiger partial charge in [-0.1, -0.05) is 17.7 Å². The Hall–Kier alpha value is -2.28. The van der Waals surface area contributed by atoms with Crippen molar-refractivity contribution >= 4 is 46.6 Å². The maximum atomic E-state index is 12.5. The Morgan fingerprint density at radius 2 is 2.11 bits per heavy atom. The van der Waals surface area contributed by atoms with Crippen molar-refractivity contribution in [2.45, 2.75) is 12.8 Å². The number of phenolic OH excluding ortho intramolecular Hbond substituents is 1. The van der Waals surface area contributed by atoms with Crippen LogP contribution in [0.4, 0.5) is 5.82 Å². The van der Waals surface area contributed by atoms with Crippen LogP contribution in [0, 0.1) is 5.92 Å². The Morgan fingerprint density at radius 1 is 1.26 bits per heavy atom. The lowest BCUT2D eigenvalue weighted by atomic mass is 9.99. The Balaban J connectivity index is 0.00000210. The smallest absolute Gasteiger partial charge is 0.229 e. The fourth-order valence-corrected chi connectivity index (χ4v) is 3.59. The van der Waals surface area contributed by atoms with Crippen LogP contribution in [-0.4, -0.2) is 34.3 Å². The number of nitrogens with one attached hydrogen (secondary N) is 3. The number of aromatic nitrogens is 2. The normalized spacial score (nSPS) is 16.7. The molecule has 1 saturated heterocycles. The number of aromatic amines is 1. The molecule has 27 heavy (non-hydrogen) atoms. The second-order valence-electron chi connectivity index (χ2n) is 6.53. The third-order valence-electron chi connectivity index (χ3n) is 4.74. The molecule has 0 unspecified atom stereocenters. The maximum absolute atomic E-state index is 12.5. The van der Waals surface area contributed by atoms with Gasteiger partial charge in [0, 0.05) is 17.5 Å². The first-order valence-electron chi connectivity index (χ1n) is 8.60. The van der Waals surface area contributed by atoms with Gasteiger partial charge in [0.2, 0.25) is 5.91 Å². The van der Waals surface area contributed by atoms with E-state index in [1.54, 1.807) is 12.1 Å². The molecular weight excluding hydrogens is 387 g/mol. The first kappa shape index (κ1) is 19.5. The van der Waals surface area contributed by atoms with Crippen LogP contribution < -0.4 is 10.6 Å². The van der Waals surface area contributed by atoms with E-state index < -0.39 is 0 Å². The summed E-state index contributed by atoms with van der Waals surface area (Å²) >= 11 is 6.25. The number of hydrogen-bond donors (Lipinski definition) is 4. The summed E-state index contributed by atoms with van der Waals surface area (Å²) in [7, 11) is 0. The summed E-state index contributed by atoms with van der Waals surface area (Å²) in [5, 5.41) is 24.2. The van der Waals surface area contributed by atoms with E-state index in [0.717, 1.165) is 41.4 Å². The van der Waals surface area contributed by atoms with Crippen LogP contribution in [-0.2, 0) is 4.79 Å². The monoisotopic (exact) mass is 406 g/mol. The number of anilines is 1. The molecule has 1 fully saturated rings. The van der Waals surface area contributed by atoms with Gasteiger partial charge >= 0.3 is 0 Å². The number of rotatable bonds is 3. The van der Waals surface area contributed by atoms with E-state index in [9.17, 15) is 9.90 Å². The summed E-state index contributed by atoms with van der Waals surface area (Å²) in [5.74, 6) is 0.591. The van der Waals surface area contributed by atoms with Crippen molar-refractivity contribution in [2.24, 2.45) is 5.92 Å². The molecule has 2 heterocycles. The van der Waals surface area contributed by atoms with E-state index in [-0.39, 0.29) is 30.0 Å². The predicted molar refractivity (Wildman–Crippen MR) is 110 cm³/mol. The molecule has 0 radical (unpaired) electrons. The minimum absolute atomic E-state index is 0. The molecule has 1 aromatic heterocycles. The Morgan fingerprint density at radius 3 is 2.85 bits per heavy atom. The molecule has 6 nitrogen and oxygen atoms in total. The lowest BCUT2D eigenvalue weighted by Gasteiger charge is -2.21. The van der Waals surface area contributed by atoms with Gasteiger partial charge in [-0.2, -0.15) is 5.10 Å². The van der Waals surface area contributed by atoms with Crippen molar-refractivity contribution in [3.63, 3.8) is 0 Å². The zero-order valence-electron chi connectivity index (χ0n) is 14.5. The van der Waals surface area contributed by atoms with Gasteiger partial charge in [-0.15, -0.1) is 12.4 Å². The Labute approximate surface area is 167 Å². The van der Waals surface area contributed by atoms with Crippen LogP contribution in [0.25, 0.3) is 22.0 Å². The van der Waals surface area contributed by atoms with Gasteiger partial charge in [0.15, 0.2) is 5.82 Å². The van der Waals surface area contributed by atoms with Crippen LogP contribution in [0.3, 0.4) is 0 Å². The minimum Gasteiger partial charge on any atom is -0.508 e. The number of fused-ring (bicyclic) bond motifs is 1. The summed E-state index contributed by atoms with van der Waals surface area (Å²) in [5.41, 5.74) is 2.53. The van der Waals surface area contributed by atoms with E-state index in [0.29, 0.717) is 17.4 Å². The standard InChI is InChI=1S/C19H19ClN4O2.ClH/c20-16-9-13(25)4-5-14(16)11-3-6-17-15(8-11)18(24-23-17)22-19(26)12-2-1-7-21-10-12;/h3-6,8-9,12,21,25H,1-2,7,10H2,(H2,22,23,24,26);1H/t12-;/m0./s1. The van der Waals surface area contributed by atoms with E-state index in [4.69, 9.17) is 11.6 Å². The molecule has 142 valence electrons. The van der Waals surface area contributed by atoms with Crippen molar-refractivity contribution in [2.75, 3.05) is 18.4 Å². The van der Waals surface area contributed by atoms with Gasteiger partial charge in [0.25, 0.3) is 0 Å². The largest absolute Gasteiger partial charge is 0.508 e. The first-order chi connectivity index (χ1) is 12.6. The summed E-state index contributed by atoms with van der Waals surface area (Å²) in [6.45, 7) is 1.66. The molecule has 0 spiro atoms. The zero-order valence-corrected chi connectivity index (χ0v) is 16.0. The van der Waals surface area contributed by atoms with Crippen LogP contribution in [0.15, 0.2) is 36.4 Å². The second kappa shape index (κ2) is 8.17. The lowest BCUT2D eigenvalue weighted by molar-refractivity contribution is -0.120. The molecular formula is C19H20Cl2N4O2. The molecule has 1 atom stereocenters. The fourth-order valence-electron chi connectivity index (χ4n) is 3.31. The number of benzene rings is 2. The minimum atomic E-state index is -0.0368. The van der Waals surface area contributed by atoms with Gasteiger partial charge in [-0.3, -0.25) is 9.89 Å². The third kappa shape index (κ3) is 4.03. The third-order valence-corrected chi connectivity index (χ3v) is 5.05. The van der Waals surface area contributed by atoms with Gasteiger partial charge in [0.05, 0.1) is 16.5 Å². The van der Waals surface area contributed by atoms with E-state index in [1.807, 2.05) is 18.2 Å². The summed E-state index contributed by atoms with van der Waals surface area (Å²) < 4.78 is 0. The second-order valence-corrected chi connectivity index (χ2v) is 6.94. The van der Waals surface area contributed by atoms with Crippen LogP contribution >= 0.6 is 24.0 Å². The fraction of sp³-hybridized carbons (Fsp3) is 0.263. The highest BCUT2D eigenvalue weighted by atomic mass is 35.5. The van der Waals surface area contributed by atoms with Gasteiger partial charge < -0.3 is 15.7 Å². The molecule has 0 bridgehead atoms. The number of nitrogens with zero attached hydrogens (tertiary/aromatic N) is 1. The number of phenols is 1. The summed E-state index contributed by atoms with van der Waals surface area (Å²) in [6.07, 6.45) is 1.89. The number of carbonyl (C=O) groups is 1. The number of hydrogen-bond acceptors (Lipinski definition) is 4. The highest BCUT2D eigenvalue weighted by Crippen LogP contribution is 2.33. The summed E-state index contributed by atoms with van der Waals surface area (Å²) in [6, 6.07) is 10.6. The molecule has 1 aliphatic heterocycles. The molecule has 4 N–H and O–H groups in total. The predicted octanol–water partition coefficient (Wildman–Crippen LogP) is 3.95. The lowest BCUT2D eigenvalue weighted by Crippen LogP contribution is -2.37. The molecule has 3 aromatic rings. The number of H-pyrrole nitrogens is 1. The van der Waals surface area contributed by atoms with Gasteiger partial charge in [0.1, 0.15) is 5.75 Å². The number of aromatic hydroxyl groups is 1. The Kier molecular flexibility index (Phi) is 5.89. The topological polar surface area (TPSA) is 90.0 Å². The number of carbonyl (C=O) groups excluding carboxylic acids is 1. The highest BCUT2D eigenvalue weighted by molar-refractivity contribution is 6.33. The molecule has 0 aliphatic carbocycles. The number of halogens is 2. The molecule has 4 rings (SSSR count). The van der Waals surface area contributed by atoms with Crippen molar-refractivity contribution in [1.29, 1.82) is 0 Å². The van der Waals surface area contributed by atoms with E-state index >= 15 is 0 Å². The summed E-state index contributed by atoms with van der Waals surface area (Å²) in [4.78, 5) is 12.5. The molecule has 8 heteroatoms. The zero-order chi connectivity index (χ0) is 18.1. The molecule has 0 saturated carbocycles. The Bertz CT molecular complexity index is 967. The SMILES string of the molecule is Cl.O=C(Nc1n[nH]c2ccc(-c3ccc(O)cc3Cl)cc12)[C@H]1CCCNC1. The first-order valence-corrected chi connectivity index (χ1v) is 8.98. The number of piperidine rings is 1. The van der Waals surface area contributed by atoms with Crippen LogP contribution in [0.5, 0.6) is 5.75 Å². The van der Waals surface area contributed by atoms with Crippen molar-refractivity contribution < 1.29 is 9.90 Å². The van der Waals surface area contributed by atoms with E-state index in [2.05, 4.69) is 20.8 Å². The van der Waals surface area contributed by atoms with Gasteiger partial charge in [-0.05, 0) is 55.3 Å². The van der Waals surface area contributed by atoms with Crippen LogP contribution in [0.2, 0.25) is 5.02 Å². The van der Waals surface area contributed by atoms with Gasteiger partial charge in [-0.25, -0.2) is 0 Å². The quantitative estimate of drug-likeness (QED) is 0.529.